The number of hydrogen-bond donors (Lipinski definition) is 2. The van der Waals surface area contributed by atoms with Gasteiger partial charge in [0.2, 0.25) is 0 Å². The van der Waals surface area contributed by atoms with Crippen molar-refractivity contribution in [2.75, 3.05) is 19.6 Å². The first-order valence-electron chi connectivity index (χ1n) is 10.1. The molecule has 1 aliphatic carbocycles. The van der Waals surface area contributed by atoms with E-state index in [1.807, 2.05) is 11.7 Å². The smallest absolute Gasteiger partial charge is 0.191 e. The van der Waals surface area contributed by atoms with E-state index in [4.69, 9.17) is 4.99 Å². The largest absolute Gasteiger partial charge is 0.357 e. The fraction of sp³-hybridized carbons (Fsp3) is 0.545. The maximum Gasteiger partial charge on any atom is 0.191 e. The SMILES string of the molecule is CCNC(=NCC1(c2ccccc2)CCC1)NCCc1c(C)nn(C)c1C.I. The third-order valence-corrected chi connectivity index (χ3v) is 5.91. The summed E-state index contributed by atoms with van der Waals surface area (Å²) in [5, 5.41) is 11.4. The van der Waals surface area contributed by atoms with E-state index in [0.717, 1.165) is 37.7 Å². The Morgan fingerprint density at radius 2 is 1.89 bits per heavy atom. The molecule has 0 bridgehead atoms. The average Bonchev–Trinajstić information content (AvgIpc) is 2.87. The number of guanidine groups is 1. The number of hydrogen-bond acceptors (Lipinski definition) is 2. The normalized spacial score (nSPS) is 15.5. The lowest BCUT2D eigenvalue weighted by Gasteiger charge is -2.41. The van der Waals surface area contributed by atoms with Crippen molar-refractivity contribution in [1.29, 1.82) is 0 Å². The highest BCUT2D eigenvalue weighted by Gasteiger charge is 2.38. The van der Waals surface area contributed by atoms with Crippen molar-refractivity contribution in [3.8, 4) is 0 Å². The van der Waals surface area contributed by atoms with E-state index in [9.17, 15) is 0 Å². The Morgan fingerprint density at radius 3 is 2.43 bits per heavy atom. The van der Waals surface area contributed by atoms with Crippen LogP contribution in [0.5, 0.6) is 0 Å². The molecule has 2 aromatic rings. The van der Waals surface area contributed by atoms with E-state index in [1.54, 1.807) is 0 Å². The molecule has 1 aromatic heterocycles. The van der Waals surface area contributed by atoms with Crippen LogP contribution in [-0.4, -0.2) is 35.4 Å². The molecule has 5 nitrogen and oxygen atoms in total. The topological polar surface area (TPSA) is 54.2 Å². The molecule has 6 heteroatoms. The van der Waals surface area contributed by atoms with Crippen molar-refractivity contribution in [2.24, 2.45) is 12.0 Å². The van der Waals surface area contributed by atoms with Crippen LogP contribution in [0.25, 0.3) is 0 Å². The van der Waals surface area contributed by atoms with Crippen molar-refractivity contribution in [3.05, 3.63) is 52.8 Å². The quantitative estimate of drug-likeness (QED) is 0.349. The maximum absolute atomic E-state index is 4.94. The molecule has 28 heavy (non-hydrogen) atoms. The van der Waals surface area contributed by atoms with Gasteiger partial charge in [-0.25, -0.2) is 0 Å². The molecule has 154 valence electrons. The van der Waals surface area contributed by atoms with Crippen molar-refractivity contribution in [3.63, 3.8) is 0 Å². The van der Waals surface area contributed by atoms with Crippen LogP contribution in [0.15, 0.2) is 35.3 Å². The van der Waals surface area contributed by atoms with Crippen molar-refractivity contribution in [1.82, 2.24) is 20.4 Å². The van der Waals surface area contributed by atoms with Crippen LogP contribution in [0.1, 0.15) is 48.7 Å². The zero-order valence-corrected chi connectivity index (χ0v) is 19.9. The third kappa shape index (κ3) is 5.07. The molecule has 1 heterocycles. The lowest BCUT2D eigenvalue weighted by atomic mass is 9.64. The second kappa shape index (κ2) is 10.3. The van der Waals surface area contributed by atoms with Crippen LogP contribution < -0.4 is 10.6 Å². The summed E-state index contributed by atoms with van der Waals surface area (Å²) in [6.07, 6.45) is 4.72. The molecule has 2 N–H and O–H groups in total. The van der Waals surface area contributed by atoms with E-state index < -0.39 is 0 Å². The Bertz CT molecular complexity index is 778. The Labute approximate surface area is 186 Å². The number of aromatic nitrogens is 2. The van der Waals surface area contributed by atoms with Gasteiger partial charge in [0.25, 0.3) is 0 Å². The van der Waals surface area contributed by atoms with E-state index in [1.165, 1.54) is 36.1 Å². The number of nitrogens with one attached hydrogen (secondary N) is 2. The molecule has 3 rings (SSSR count). The highest BCUT2D eigenvalue weighted by Crippen LogP contribution is 2.43. The molecule has 0 aliphatic heterocycles. The second-order valence-corrected chi connectivity index (χ2v) is 7.64. The minimum Gasteiger partial charge on any atom is -0.357 e. The zero-order chi connectivity index (χ0) is 19.3. The summed E-state index contributed by atoms with van der Waals surface area (Å²) in [5.41, 5.74) is 5.35. The lowest BCUT2D eigenvalue weighted by Crippen LogP contribution is -2.42. The molecular formula is C22H34IN5. The van der Waals surface area contributed by atoms with Gasteiger partial charge in [0, 0.05) is 31.2 Å². The fourth-order valence-electron chi connectivity index (χ4n) is 3.99. The predicted octanol–water partition coefficient (Wildman–Crippen LogP) is 3.87. The van der Waals surface area contributed by atoms with Gasteiger partial charge < -0.3 is 10.6 Å². The van der Waals surface area contributed by atoms with Crippen LogP contribution in [0, 0.1) is 13.8 Å². The van der Waals surface area contributed by atoms with Gasteiger partial charge in [-0.2, -0.15) is 5.10 Å². The minimum absolute atomic E-state index is 0. The third-order valence-electron chi connectivity index (χ3n) is 5.91. The highest BCUT2D eigenvalue weighted by atomic mass is 127. The Morgan fingerprint density at radius 1 is 1.18 bits per heavy atom. The van der Waals surface area contributed by atoms with Gasteiger partial charge in [-0.1, -0.05) is 36.8 Å². The number of benzene rings is 1. The van der Waals surface area contributed by atoms with Crippen molar-refractivity contribution < 1.29 is 0 Å². The maximum atomic E-state index is 4.94. The van der Waals surface area contributed by atoms with Gasteiger partial charge in [0.1, 0.15) is 0 Å². The van der Waals surface area contributed by atoms with Gasteiger partial charge in [0.05, 0.1) is 12.2 Å². The number of rotatable bonds is 7. The molecule has 0 saturated heterocycles. The summed E-state index contributed by atoms with van der Waals surface area (Å²) in [7, 11) is 2.01. The monoisotopic (exact) mass is 495 g/mol. The molecule has 0 atom stereocenters. The highest BCUT2D eigenvalue weighted by molar-refractivity contribution is 14.0. The molecular weight excluding hydrogens is 461 g/mol. The molecule has 0 spiro atoms. The van der Waals surface area contributed by atoms with Gasteiger partial charge in [-0.3, -0.25) is 9.67 Å². The number of aliphatic imine (C=N–C) groups is 1. The van der Waals surface area contributed by atoms with Crippen LogP contribution in [-0.2, 0) is 18.9 Å². The van der Waals surface area contributed by atoms with Crippen molar-refractivity contribution in [2.45, 2.75) is 51.9 Å². The molecule has 0 radical (unpaired) electrons. The minimum atomic E-state index is 0. The van der Waals surface area contributed by atoms with E-state index in [2.05, 4.69) is 66.8 Å². The molecule has 0 amide bonds. The first-order chi connectivity index (χ1) is 13.1. The average molecular weight is 495 g/mol. The van der Waals surface area contributed by atoms with E-state index in [0.29, 0.717) is 0 Å². The fourth-order valence-corrected chi connectivity index (χ4v) is 3.99. The van der Waals surface area contributed by atoms with Crippen LogP contribution >= 0.6 is 24.0 Å². The van der Waals surface area contributed by atoms with Crippen LogP contribution in [0.2, 0.25) is 0 Å². The van der Waals surface area contributed by atoms with E-state index >= 15 is 0 Å². The summed E-state index contributed by atoms with van der Waals surface area (Å²) >= 11 is 0. The van der Waals surface area contributed by atoms with Crippen LogP contribution in [0.4, 0.5) is 0 Å². The number of aryl methyl sites for hydroxylation is 2. The summed E-state index contributed by atoms with van der Waals surface area (Å²) in [6.45, 7) is 8.91. The summed E-state index contributed by atoms with van der Waals surface area (Å²) in [4.78, 5) is 4.94. The molecule has 1 saturated carbocycles. The molecule has 1 aliphatic rings. The summed E-state index contributed by atoms with van der Waals surface area (Å²) < 4.78 is 1.96. The van der Waals surface area contributed by atoms with E-state index in [-0.39, 0.29) is 29.4 Å². The molecule has 0 unspecified atom stereocenters. The number of nitrogens with zero attached hydrogens (tertiary/aromatic N) is 3. The van der Waals surface area contributed by atoms with Gasteiger partial charge in [-0.15, -0.1) is 24.0 Å². The first kappa shape index (κ1) is 22.7. The van der Waals surface area contributed by atoms with Crippen molar-refractivity contribution >= 4 is 29.9 Å². The molecule has 1 fully saturated rings. The Balaban J connectivity index is 0.00000280. The number of halogens is 1. The standard InChI is InChI=1S/C22H33N5.HI/c1-5-23-21(24-15-12-20-17(2)26-27(4)18(20)3)25-16-22(13-9-14-22)19-10-7-6-8-11-19;/h6-8,10-11H,5,9,12-16H2,1-4H3,(H2,23,24,25);1H. The van der Waals surface area contributed by atoms with Crippen LogP contribution in [0.3, 0.4) is 0 Å². The van der Waals surface area contributed by atoms with Gasteiger partial charge in [0.15, 0.2) is 5.96 Å². The zero-order valence-electron chi connectivity index (χ0n) is 17.6. The summed E-state index contributed by atoms with van der Waals surface area (Å²) in [5.74, 6) is 0.916. The molecule has 1 aromatic carbocycles. The van der Waals surface area contributed by atoms with Gasteiger partial charge in [-0.05, 0) is 51.2 Å². The lowest BCUT2D eigenvalue weighted by molar-refractivity contribution is 0.253. The van der Waals surface area contributed by atoms with Gasteiger partial charge >= 0.3 is 0 Å². The summed E-state index contributed by atoms with van der Waals surface area (Å²) in [6, 6.07) is 10.9. The second-order valence-electron chi connectivity index (χ2n) is 7.64. The Kier molecular flexibility index (Phi) is 8.34. The first-order valence-corrected chi connectivity index (χ1v) is 10.1. The Hall–Kier alpha value is -1.57. The predicted molar refractivity (Wildman–Crippen MR) is 128 cm³/mol.